The summed E-state index contributed by atoms with van der Waals surface area (Å²) in [6.07, 6.45) is 1.05. The molecule has 7 heteroatoms. The van der Waals surface area contributed by atoms with Crippen LogP contribution in [-0.2, 0) is 16.1 Å². The average Bonchev–Trinajstić information content (AvgIpc) is 3.23. The molecule has 1 aromatic rings. The molecular formula is C14H19ClF2N2O2. The van der Waals surface area contributed by atoms with Crippen LogP contribution in [0.4, 0.5) is 8.78 Å². The molecule has 2 rings (SSSR count). The van der Waals surface area contributed by atoms with Crippen LogP contribution in [0.2, 0.25) is 0 Å². The van der Waals surface area contributed by atoms with Gasteiger partial charge in [0, 0.05) is 37.9 Å². The van der Waals surface area contributed by atoms with Gasteiger partial charge < -0.3 is 15.4 Å². The van der Waals surface area contributed by atoms with Crippen molar-refractivity contribution in [3.63, 3.8) is 0 Å². The third-order valence-corrected chi connectivity index (χ3v) is 3.40. The summed E-state index contributed by atoms with van der Waals surface area (Å²) in [6.45, 7) is 0.180. The minimum Gasteiger partial charge on any atom is -0.370 e. The standard InChI is InChI=1S/C14H18F2N2O2.ClH/c1-20-13(7-17)14(19)18(11-4-5-11)8-9-2-3-10(15)6-12(9)16;/h2-3,6,11,13H,4-5,7-8,17H2,1H3;1H. The normalized spacial score (nSPS) is 15.2. The smallest absolute Gasteiger partial charge is 0.253 e. The van der Waals surface area contributed by atoms with Crippen molar-refractivity contribution in [3.8, 4) is 0 Å². The predicted molar refractivity (Wildman–Crippen MR) is 77.0 cm³/mol. The van der Waals surface area contributed by atoms with Crippen molar-refractivity contribution >= 4 is 18.3 Å². The number of amides is 1. The Hall–Kier alpha value is -1.24. The molecule has 1 saturated carbocycles. The van der Waals surface area contributed by atoms with Gasteiger partial charge in [-0.3, -0.25) is 4.79 Å². The molecule has 4 nitrogen and oxygen atoms in total. The summed E-state index contributed by atoms with van der Waals surface area (Å²) in [7, 11) is 1.42. The Balaban J connectivity index is 0.00000220. The van der Waals surface area contributed by atoms with E-state index in [9.17, 15) is 13.6 Å². The number of carbonyl (C=O) groups excluding carboxylic acids is 1. The first kappa shape index (κ1) is 17.8. The van der Waals surface area contributed by atoms with Crippen LogP contribution in [-0.4, -0.2) is 36.6 Å². The van der Waals surface area contributed by atoms with Crippen molar-refractivity contribution in [2.75, 3.05) is 13.7 Å². The van der Waals surface area contributed by atoms with Crippen molar-refractivity contribution in [1.82, 2.24) is 4.90 Å². The lowest BCUT2D eigenvalue weighted by atomic mass is 10.1. The highest BCUT2D eigenvalue weighted by Crippen LogP contribution is 2.29. The molecular weight excluding hydrogens is 302 g/mol. The third kappa shape index (κ3) is 4.36. The Kier molecular flexibility index (Phi) is 6.51. The fourth-order valence-electron chi connectivity index (χ4n) is 2.09. The Morgan fingerprint density at radius 3 is 2.62 bits per heavy atom. The second-order valence-corrected chi connectivity index (χ2v) is 4.89. The molecule has 1 aliphatic rings. The molecule has 0 aliphatic heterocycles. The number of hydrogen-bond acceptors (Lipinski definition) is 3. The Bertz CT molecular complexity index is 494. The van der Waals surface area contributed by atoms with Crippen LogP contribution in [0.5, 0.6) is 0 Å². The number of halogens is 3. The molecule has 1 unspecified atom stereocenters. The Morgan fingerprint density at radius 1 is 1.48 bits per heavy atom. The second-order valence-electron chi connectivity index (χ2n) is 4.89. The quantitative estimate of drug-likeness (QED) is 0.870. The summed E-state index contributed by atoms with van der Waals surface area (Å²) in [5.74, 6) is -1.53. The van der Waals surface area contributed by atoms with Crippen LogP contribution in [0, 0.1) is 11.6 Å². The van der Waals surface area contributed by atoms with E-state index in [0.29, 0.717) is 5.56 Å². The van der Waals surface area contributed by atoms with Gasteiger partial charge in [-0.2, -0.15) is 0 Å². The predicted octanol–water partition coefficient (Wildman–Crippen LogP) is 1.85. The van der Waals surface area contributed by atoms with Gasteiger partial charge in [-0.15, -0.1) is 12.4 Å². The number of nitrogens with zero attached hydrogens (tertiary/aromatic N) is 1. The summed E-state index contributed by atoms with van der Waals surface area (Å²) in [5, 5.41) is 0. The highest BCUT2D eigenvalue weighted by atomic mass is 35.5. The molecule has 0 aromatic heterocycles. The van der Waals surface area contributed by atoms with E-state index in [4.69, 9.17) is 10.5 Å². The van der Waals surface area contributed by atoms with Crippen LogP contribution < -0.4 is 5.73 Å². The van der Waals surface area contributed by atoms with Gasteiger partial charge in [0.1, 0.15) is 17.7 Å². The molecule has 1 amide bonds. The van der Waals surface area contributed by atoms with Crippen molar-refractivity contribution in [2.24, 2.45) is 5.73 Å². The zero-order valence-electron chi connectivity index (χ0n) is 11.7. The van der Waals surface area contributed by atoms with E-state index in [1.165, 1.54) is 19.2 Å². The minimum atomic E-state index is -0.723. The van der Waals surface area contributed by atoms with E-state index in [-0.39, 0.29) is 37.4 Å². The second kappa shape index (κ2) is 7.68. The molecule has 118 valence electrons. The number of carbonyl (C=O) groups is 1. The molecule has 0 heterocycles. The third-order valence-electron chi connectivity index (χ3n) is 3.40. The Morgan fingerprint density at radius 2 is 2.14 bits per heavy atom. The first-order chi connectivity index (χ1) is 9.56. The topological polar surface area (TPSA) is 55.6 Å². The van der Waals surface area contributed by atoms with Crippen LogP contribution in [0.3, 0.4) is 0 Å². The van der Waals surface area contributed by atoms with Crippen molar-refractivity contribution in [3.05, 3.63) is 35.4 Å². The van der Waals surface area contributed by atoms with Gasteiger partial charge in [0.25, 0.3) is 5.91 Å². The molecule has 0 bridgehead atoms. The monoisotopic (exact) mass is 320 g/mol. The lowest BCUT2D eigenvalue weighted by Gasteiger charge is -2.26. The van der Waals surface area contributed by atoms with E-state index in [1.807, 2.05) is 0 Å². The van der Waals surface area contributed by atoms with Gasteiger partial charge in [0.05, 0.1) is 0 Å². The van der Waals surface area contributed by atoms with Crippen LogP contribution in [0.15, 0.2) is 18.2 Å². The molecule has 1 aliphatic carbocycles. The van der Waals surface area contributed by atoms with Gasteiger partial charge in [-0.25, -0.2) is 8.78 Å². The highest BCUT2D eigenvalue weighted by molar-refractivity contribution is 5.85. The Labute approximate surface area is 128 Å². The van der Waals surface area contributed by atoms with E-state index < -0.39 is 17.7 Å². The van der Waals surface area contributed by atoms with E-state index >= 15 is 0 Å². The molecule has 1 aromatic carbocycles. The lowest BCUT2D eigenvalue weighted by Crippen LogP contribution is -2.44. The first-order valence-corrected chi connectivity index (χ1v) is 6.54. The molecule has 0 saturated heterocycles. The summed E-state index contributed by atoms with van der Waals surface area (Å²) in [5.41, 5.74) is 5.78. The van der Waals surface area contributed by atoms with Gasteiger partial charge in [-0.1, -0.05) is 6.07 Å². The maximum Gasteiger partial charge on any atom is 0.253 e. The number of nitrogens with two attached hydrogens (primary N) is 1. The molecule has 1 fully saturated rings. The zero-order valence-corrected chi connectivity index (χ0v) is 12.5. The molecule has 21 heavy (non-hydrogen) atoms. The van der Waals surface area contributed by atoms with Crippen molar-refractivity contribution in [2.45, 2.75) is 31.5 Å². The van der Waals surface area contributed by atoms with E-state index in [2.05, 4.69) is 0 Å². The molecule has 1 atom stereocenters. The zero-order chi connectivity index (χ0) is 14.7. The number of benzene rings is 1. The highest BCUT2D eigenvalue weighted by Gasteiger charge is 2.35. The molecule has 2 N–H and O–H groups in total. The number of hydrogen-bond donors (Lipinski definition) is 1. The van der Waals surface area contributed by atoms with Crippen LogP contribution >= 0.6 is 12.4 Å². The molecule has 0 spiro atoms. The van der Waals surface area contributed by atoms with E-state index in [1.54, 1.807) is 4.90 Å². The summed E-state index contributed by atoms with van der Waals surface area (Å²) >= 11 is 0. The first-order valence-electron chi connectivity index (χ1n) is 6.54. The number of methoxy groups -OCH3 is 1. The fourth-order valence-corrected chi connectivity index (χ4v) is 2.09. The average molecular weight is 321 g/mol. The fraction of sp³-hybridized carbons (Fsp3) is 0.500. The maximum absolute atomic E-state index is 13.7. The van der Waals surface area contributed by atoms with E-state index in [0.717, 1.165) is 18.9 Å². The maximum atomic E-state index is 13.7. The summed E-state index contributed by atoms with van der Waals surface area (Å²) in [6, 6.07) is 3.46. The van der Waals surface area contributed by atoms with Gasteiger partial charge >= 0.3 is 0 Å². The summed E-state index contributed by atoms with van der Waals surface area (Å²) in [4.78, 5) is 13.9. The minimum absolute atomic E-state index is 0. The van der Waals surface area contributed by atoms with Crippen molar-refractivity contribution in [1.29, 1.82) is 0 Å². The van der Waals surface area contributed by atoms with Crippen molar-refractivity contribution < 1.29 is 18.3 Å². The number of ether oxygens (including phenoxy) is 1. The van der Waals surface area contributed by atoms with Gasteiger partial charge in [0.15, 0.2) is 0 Å². The lowest BCUT2D eigenvalue weighted by molar-refractivity contribution is -0.142. The van der Waals surface area contributed by atoms with Crippen LogP contribution in [0.25, 0.3) is 0 Å². The number of rotatable bonds is 6. The SMILES string of the molecule is COC(CN)C(=O)N(Cc1ccc(F)cc1F)C1CC1.Cl. The molecule has 0 radical (unpaired) electrons. The largest absolute Gasteiger partial charge is 0.370 e. The van der Waals surface area contributed by atoms with Crippen LogP contribution in [0.1, 0.15) is 18.4 Å². The van der Waals surface area contributed by atoms with Gasteiger partial charge in [-0.05, 0) is 18.9 Å². The van der Waals surface area contributed by atoms with Gasteiger partial charge in [0.2, 0.25) is 0 Å². The summed E-state index contributed by atoms with van der Waals surface area (Å²) < 4.78 is 31.6.